The molecule has 6 nitrogen and oxygen atoms in total. The summed E-state index contributed by atoms with van der Waals surface area (Å²) in [7, 11) is 0. The molecule has 0 saturated carbocycles. The van der Waals surface area contributed by atoms with E-state index in [0.29, 0.717) is 26.8 Å². The molecule has 0 spiro atoms. The van der Waals surface area contributed by atoms with Gasteiger partial charge in [0, 0.05) is 23.6 Å². The molecule has 0 saturated heterocycles. The van der Waals surface area contributed by atoms with Crippen molar-refractivity contribution in [3.05, 3.63) is 112 Å². The van der Waals surface area contributed by atoms with Crippen LogP contribution in [0.15, 0.2) is 90.5 Å². The molecule has 5 rings (SSSR count). The lowest BCUT2D eigenvalue weighted by Gasteiger charge is -2.27. The first-order valence-electron chi connectivity index (χ1n) is 10.8. The Balaban J connectivity index is 1.63. The summed E-state index contributed by atoms with van der Waals surface area (Å²) >= 11 is 1.26. The Morgan fingerprint density at radius 1 is 1.00 bits per heavy atom. The molecule has 4 aromatic rings. The fourth-order valence-corrected chi connectivity index (χ4v) is 5.20. The number of benzene rings is 2. The van der Waals surface area contributed by atoms with E-state index < -0.39 is 23.5 Å². The zero-order valence-corrected chi connectivity index (χ0v) is 19.4. The molecule has 0 radical (unpaired) electrons. The summed E-state index contributed by atoms with van der Waals surface area (Å²) in [5, 5.41) is 11.7. The highest BCUT2D eigenvalue weighted by Crippen LogP contribution is 2.43. The zero-order chi connectivity index (χ0) is 23.8. The van der Waals surface area contributed by atoms with E-state index in [9.17, 15) is 14.7 Å². The third kappa shape index (κ3) is 3.70. The van der Waals surface area contributed by atoms with Gasteiger partial charge in [0.25, 0.3) is 5.91 Å². The van der Waals surface area contributed by atoms with E-state index in [2.05, 4.69) is 9.97 Å². The van der Waals surface area contributed by atoms with Crippen LogP contribution in [0.3, 0.4) is 0 Å². The quantitative estimate of drug-likeness (QED) is 0.386. The Morgan fingerprint density at radius 3 is 2.44 bits per heavy atom. The minimum Gasteiger partial charge on any atom is -0.503 e. The van der Waals surface area contributed by atoms with Crippen molar-refractivity contribution in [3.8, 4) is 10.6 Å². The minimum absolute atomic E-state index is 0.0454. The lowest BCUT2D eigenvalue weighted by molar-refractivity contribution is -0.117. The summed E-state index contributed by atoms with van der Waals surface area (Å²) in [6, 6.07) is 19.8. The molecule has 2 aromatic carbocycles. The normalized spacial score (nSPS) is 15.8. The number of carbonyl (C=O) groups is 2. The molecule has 168 valence electrons. The number of hydrogen-bond donors (Lipinski definition) is 1. The molecule has 0 fully saturated rings. The van der Waals surface area contributed by atoms with Crippen LogP contribution in [-0.4, -0.2) is 26.8 Å². The second-order valence-electron chi connectivity index (χ2n) is 8.09. The Kier molecular flexibility index (Phi) is 5.55. The van der Waals surface area contributed by atoms with E-state index in [1.54, 1.807) is 37.5 Å². The zero-order valence-electron chi connectivity index (χ0n) is 18.6. The third-order valence-electron chi connectivity index (χ3n) is 5.78. The first kappa shape index (κ1) is 21.7. The number of carbonyl (C=O) groups excluding carboxylic acids is 2. The number of aliphatic hydroxyl groups excluding tert-OH is 1. The van der Waals surface area contributed by atoms with Crippen LogP contribution in [0.1, 0.15) is 32.5 Å². The number of aromatic nitrogens is 2. The van der Waals surface area contributed by atoms with Crippen molar-refractivity contribution in [1.29, 1.82) is 0 Å². The maximum absolute atomic E-state index is 13.9. The van der Waals surface area contributed by atoms with E-state index in [1.165, 1.54) is 16.2 Å². The van der Waals surface area contributed by atoms with E-state index in [1.807, 2.05) is 55.5 Å². The van der Waals surface area contributed by atoms with Crippen molar-refractivity contribution < 1.29 is 14.7 Å². The van der Waals surface area contributed by atoms with Crippen molar-refractivity contribution >= 4 is 28.7 Å². The number of hydrogen-bond acceptors (Lipinski definition) is 6. The average molecular weight is 468 g/mol. The fraction of sp³-hybridized carbons (Fsp3) is 0.111. The van der Waals surface area contributed by atoms with Crippen molar-refractivity contribution in [2.75, 3.05) is 4.90 Å². The summed E-state index contributed by atoms with van der Waals surface area (Å²) < 4.78 is 0. The molecule has 1 aliphatic heterocycles. The second-order valence-corrected chi connectivity index (χ2v) is 9.09. The number of pyridine rings is 1. The van der Waals surface area contributed by atoms with Gasteiger partial charge in [-0.1, -0.05) is 42.5 Å². The highest BCUT2D eigenvalue weighted by Gasteiger charge is 2.45. The molecule has 0 aliphatic carbocycles. The van der Waals surface area contributed by atoms with Crippen LogP contribution in [0.2, 0.25) is 0 Å². The first-order valence-corrected chi connectivity index (χ1v) is 11.6. The van der Waals surface area contributed by atoms with Gasteiger partial charge in [-0.15, -0.1) is 11.3 Å². The first-order chi connectivity index (χ1) is 16.5. The molecule has 3 heterocycles. The van der Waals surface area contributed by atoms with Gasteiger partial charge >= 0.3 is 0 Å². The molecule has 1 aliphatic rings. The van der Waals surface area contributed by atoms with Crippen LogP contribution in [0.4, 0.5) is 5.69 Å². The monoisotopic (exact) mass is 467 g/mol. The molecule has 2 aromatic heterocycles. The van der Waals surface area contributed by atoms with E-state index in [-0.39, 0.29) is 5.57 Å². The van der Waals surface area contributed by atoms with Crippen molar-refractivity contribution in [2.24, 2.45) is 0 Å². The predicted molar refractivity (Wildman–Crippen MR) is 132 cm³/mol. The summed E-state index contributed by atoms with van der Waals surface area (Å²) in [6.07, 6.45) is 3.22. The molecule has 7 heteroatoms. The van der Waals surface area contributed by atoms with E-state index in [4.69, 9.17) is 0 Å². The number of aryl methyl sites for hydroxylation is 2. The largest absolute Gasteiger partial charge is 0.503 e. The van der Waals surface area contributed by atoms with Gasteiger partial charge in [-0.25, -0.2) is 4.98 Å². The summed E-state index contributed by atoms with van der Waals surface area (Å²) in [4.78, 5) is 37.7. The van der Waals surface area contributed by atoms with Gasteiger partial charge in [0.1, 0.15) is 5.01 Å². The summed E-state index contributed by atoms with van der Waals surface area (Å²) in [6.45, 7) is 3.70. The van der Waals surface area contributed by atoms with Crippen LogP contribution in [0, 0.1) is 13.8 Å². The molecule has 1 atom stereocenters. The predicted octanol–water partition coefficient (Wildman–Crippen LogP) is 5.60. The van der Waals surface area contributed by atoms with Crippen LogP contribution >= 0.6 is 11.3 Å². The van der Waals surface area contributed by atoms with Gasteiger partial charge in [-0.05, 0) is 49.2 Å². The number of anilines is 1. The van der Waals surface area contributed by atoms with Crippen molar-refractivity contribution in [3.63, 3.8) is 0 Å². The Labute approximate surface area is 200 Å². The lowest BCUT2D eigenvalue weighted by atomic mass is 9.95. The van der Waals surface area contributed by atoms with Gasteiger partial charge in [-0.2, -0.15) is 0 Å². The van der Waals surface area contributed by atoms with Crippen LogP contribution in [0.5, 0.6) is 0 Å². The second kappa shape index (κ2) is 8.68. The number of rotatable bonds is 5. The SMILES string of the molecule is Cc1cccc(N2C(=O)C(O)=C(C(=O)c3sc(-c4ccccc4)nc3C)C2c2ccncc2)c1. The van der Waals surface area contributed by atoms with Gasteiger partial charge in [0.2, 0.25) is 5.78 Å². The molecule has 0 bridgehead atoms. The molecular weight excluding hydrogens is 446 g/mol. The van der Waals surface area contributed by atoms with E-state index >= 15 is 0 Å². The van der Waals surface area contributed by atoms with Crippen LogP contribution in [-0.2, 0) is 4.79 Å². The highest BCUT2D eigenvalue weighted by molar-refractivity contribution is 7.17. The van der Waals surface area contributed by atoms with Crippen molar-refractivity contribution in [1.82, 2.24) is 9.97 Å². The van der Waals surface area contributed by atoms with Crippen LogP contribution in [0.25, 0.3) is 10.6 Å². The Bertz CT molecular complexity index is 1430. The number of aliphatic hydroxyl groups is 1. The van der Waals surface area contributed by atoms with Crippen LogP contribution < -0.4 is 4.90 Å². The number of amides is 1. The maximum Gasteiger partial charge on any atom is 0.294 e. The minimum atomic E-state index is -0.786. The van der Waals surface area contributed by atoms with Gasteiger partial charge in [0.15, 0.2) is 5.76 Å². The van der Waals surface area contributed by atoms with E-state index in [0.717, 1.165) is 11.1 Å². The summed E-state index contributed by atoms with van der Waals surface area (Å²) in [5.41, 5.74) is 3.76. The number of thiazole rings is 1. The molecular formula is C27H21N3O3S. The molecule has 34 heavy (non-hydrogen) atoms. The third-order valence-corrected chi connectivity index (χ3v) is 6.98. The number of Topliss-reactive ketones (excluding diaryl/α,β-unsaturated/α-hetero) is 1. The number of ketones is 1. The highest BCUT2D eigenvalue weighted by atomic mass is 32.1. The standard InChI is InChI=1S/C27H21N3O3S/c1-16-7-6-10-20(15-16)30-22(18-11-13-28-14-12-18)21(24(32)27(30)33)23(31)25-17(2)29-26(34-25)19-8-4-3-5-9-19/h3-15,22,32H,1-2H3. The van der Waals surface area contributed by atoms with Crippen molar-refractivity contribution in [2.45, 2.75) is 19.9 Å². The smallest absolute Gasteiger partial charge is 0.294 e. The summed E-state index contributed by atoms with van der Waals surface area (Å²) in [5.74, 6) is -1.55. The maximum atomic E-state index is 13.9. The van der Waals surface area contributed by atoms with Gasteiger partial charge in [0.05, 0.1) is 22.2 Å². The number of nitrogens with zero attached hydrogens (tertiary/aromatic N) is 3. The van der Waals surface area contributed by atoms with Gasteiger partial charge in [-0.3, -0.25) is 19.5 Å². The average Bonchev–Trinajstić information content (AvgIpc) is 3.37. The molecule has 1 N–H and O–H groups in total. The Hall–Kier alpha value is -4.10. The topological polar surface area (TPSA) is 83.4 Å². The lowest BCUT2D eigenvalue weighted by Crippen LogP contribution is -2.31. The Morgan fingerprint density at radius 2 is 1.74 bits per heavy atom. The van der Waals surface area contributed by atoms with Gasteiger partial charge < -0.3 is 5.11 Å². The molecule has 1 unspecified atom stereocenters. The molecule has 1 amide bonds. The fourth-order valence-electron chi connectivity index (χ4n) is 4.18.